The van der Waals surface area contributed by atoms with Crippen LogP contribution in [0.15, 0.2) is 0 Å². The van der Waals surface area contributed by atoms with Gasteiger partial charge in [-0.1, -0.05) is 0 Å². The van der Waals surface area contributed by atoms with Crippen molar-refractivity contribution in [3.05, 3.63) is 0 Å². The average Bonchev–Trinajstić information content (AvgIpc) is 1.41. The van der Waals surface area contributed by atoms with E-state index in [9.17, 15) is 0 Å². The molecule has 0 unspecified atom stereocenters. The van der Waals surface area contributed by atoms with Crippen LogP contribution >= 0.6 is 0 Å². The van der Waals surface area contributed by atoms with E-state index in [2.05, 4.69) is 0 Å². The second-order valence-corrected chi connectivity index (χ2v) is 1.85. The van der Waals surface area contributed by atoms with Crippen LogP contribution in [-0.4, -0.2) is 0 Å². The van der Waals surface area contributed by atoms with Crippen molar-refractivity contribution in [2.24, 2.45) is 0 Å². The molecule has 0 rings (SSSR count). The minimum absolute atomic E-state index is 0.194. The van der Waals surface area contributed by atoms with E-state index in [0.717, 1.165) is 0 Å². The van der Waals surface area contributed by atoms with E-state index in [1.54, 1.807) is 0 Å². The van der Waals surface area contributed by atoms with Crippen LogP contribution in [0.4, 0.5) is 0 Å². The van der Waals surface area contributed by atoms with Crippen LogP contribution in [0.2, 0.25) is 0 Å². The van der Waals surface area contributed by atoms with Gasteiger partial charge in [0.2, 0.25) is 0 Å². The molecule has 0 fully saturated rings. The zero-order valence-corrected chi connectivity index (χ0v) is 9.00. The predicted molar refractivity (Wildman–Crippen MR) is 2.75 cm³/mol. The Bertz CT molecular complexity index is 87.7. The Balaban J connectivity index is 0. The SMILES string of the molecule is [O]=[Nd](=[O])=[O].[O]=[Ta]. The normalized spacial score (nSPS) is 3.00. The molecule has 0 saturated heterocycles. The summed E-state index contributed by atoms with van der Waals surface area (Å²) in [5.74, 6) is 0. The van der Waals surface area contributed by atoms with Crippen molar-refractivity contribution < 1.29 is 62.4 Å². The van der Waals surface area contributed by atoms with Crippen molar-refractivity contribution in [3.63, 3.8) is 0 Å². The Hall–Kier alpha value is 1.29. The van der Waals surface area contributed by atoms with Crippen LogP contribution in [0.25, 0.3) is 0 Å². The first kappa shape index (κ1) is 10.3. The summed E-state index contributed by atoms with van der Waals surface area (Å²) in [7, 11) is 0. The molecule has 33 valence electrons. The molecule has 0 saturated carbocycles. The van der Waals surface area contributed by atoms with Crippen LogP contribution in [0.5, 0.6) is 0 Å². The molecule has 0 amide bonds. The molecule has 0 aliphatic carbocycles. The molecule has 0 radical (unpaired) electrons. The molecule has 0 aliphatic heterocycles. The standard InChI is InChI=1S/Nd.4O.Ta. The molecule has 0 N–H and O–H groups in total. The Morgan fingerprint density at radius 2 is 1.00 bits per heavy atom. The molecule has 0 aromatic rings. The van der Waals surface area contributed by atoms with E-state index >= 15 is 0 Å². The average molecular weight is 389 g/mol. The van der Waals surface area contributed by atoms with Gasteiger partial charge < -0.3 is 0 Å². The second-order valence-electron chi connectivity index (χ2n) is 0.250. The summed E-state index contributed by atoms with van der Waals surface area (Å²) in [5, 5.41) is 0. The minimum atomic E-state index is -4.41. The quantitative estimate of drug-likeness (QED) is 0.562. The van der Waals surface area contributed by atoms with Gasteiger partial charge >= 0.3 is 62.4 Å². The van der Waals surface area contributed by atoms with Crippen LogP contribution in [0.3, 0.4) is 0 Å². The molecule has 6 heavy (non-hydrogen) atoms. The van der Waals surface area contributed by atoms with Crippen LogP contribution in [-0.2, 0) is 27.4 Å². The molecule has 0 atom stereocenters. The zero-order chi connectivity index (χ0) is 5.58. The van der Waals surface area contributed by atoms with Gasteiger partial charge in [-0.15, -0.1) is 0 Å². The van der Waals surface area contributed by atoms with Crippen molar-refractivity contribution in [1.82, 2.24) is 0 Å². The van der Waals surface area contributed by atoms with Gasteiger partial charge in [0, 0.05) is 0 Å². The molecule has 0 heterocycles. The fourth-order valence-corrected chi connectivity index (χ4v) is 0. The fraction of sp³-hybridized carbons (Fsp3) is 0. The van der Waals surface area contributed by atoms with E-state index in [4.69, 9.17) is 6.40 Å². The summed E-state index contributed by atoms with van der Waals surface area (Å²) in [6.45, 7) is 0. The monoisotopic (exact) mass is 387 g/mol. The molecular weight excluding hydrogens is 389 g/mol. The molecule has 0 bridgehead atoms. The summed E-state index contributed by atoms with van der Waals surface area (Å²) in [6, 6.07) is 0. The Morgan fingerprint density at radius 3 is 1.00 bits per heavy atom. The summed E-state index contributed by atoms with van der Waals surface area (Å²) in [6.07, 6.45) is 0. The molecule has 6 heteroatoms. The van der Waals surface area contributed by atoms with Gasteiger partial charge in [0.05, 0.1) is 0 Å². The summed E-state index contributed by atoms with van der Waals surface area (Å²) in [5.41, 5.74) is 0. The van der Waals surface area contributed by atoms with Gasteiger partial charge in [0.15, 0.2) is 0 Å². The second kappa shape index (κ2) is 9.56. The van der Waals surface area contributed by atoms with Crippen LogP contribution in [0, 0.1) is 35.0 Å². The van der Waals surface area contributed by atoms with Crippen molar-refractivity contribution in [2.45, 2.75) is 0 Å². The predicted octanol–water partition coefficient (Wildman–Crippen LogP) is -0.478. The summed E-state index contributed by atoms with van der Waals surface area (Å²) in [4.78, 5) is 0. The first-order valence-corrected chi connectivity index (χ1v) is 6.04. The third-order valence-electron chi connectivity index (χ3n) is 0. The Morgan fingerprint density at radius 1 is 1.00 bits per heavy atom. The first-order chi connectivity index (χ1) is 2.73. The molecule has 0 aliphatic rings. The first-order valence-electron chi connectivity index (χ1n) is 0.795. The topological polar surface area (TPSA) is 68.3 Å². The van der Waals surface area contributed by atoms with Gasteiger partial charge in [-0.05, 0) is 0 Å². The van der Waals surface area contributed by atoms with Gasteiger partial charge in [-0.3, -0.25) is 0 Å². The number of hydrogen-bond acceptors (Lipinski definition) is 4. The van der Waals surface area contributed by atoms with Gasteiger partial charge in [0.1, 0.15) is 0 Å². The summed E-state index contributed by atoms with van der Waals surface area (Å²) >= 11 is -4.21. The van der Waals surface area contributed by atoms with E-state index in [1.165, 1.54) is 0 Å². The van der Waals surface area contributed by atoms with Crippen molar-refractivity contribution in [3.8, 4) is 0 Å². The van der Waals surface area contributed by atoms with E-state index < -0.39 is 35.0 Å². The zero-order valence-electron chi connectivity index (χ0n) is 2.58. The molecule has 4 nitrogen and oxygen atoms in total. The third kappa shape index (κ3) is 58.5. The third-order valence-corrected chi connectivity index (χ3v) is 0. The molecular formula is NdO4Ta. The van der Waals surface area contributed by atoms with Gasteiger partial charge in [-0.2, -0.15) is 0 Å². The van der Waals surface area contributed by atoms with Crippen molar-refractivity contribution >= 4 is 0 Å². The molecule has 0 aromatic heterocycles. The Labute approximate surface area is 61.3 Å². The van der Waals surface area contributed by atoms with E-state index in [-0.39, 0.29) is 21.0 Å². The van der Waals surface area contributed by atoms with Crippen molar-refractivity contribution in [1.29, 1.82) is 0 Å². The summed E-state index contributed by atoms with van der Waals surface area (Å²) < 4.78 is 34.2. The van der Waals surface area contributed by atoms with E-state index in [1.807, 2.05) is 0 Å². The number of rotatable bonds is 0. The maximum absolute atomic E-state index is 8.63. The van der Waals surface area contributed by atoms with Gasteiger partial charge in [0.25, 0.3) is 0 Å². The molecule has 0 aromatic carbocycles. The number of hydrogen-bond donors (Lipinski definition) is 0. The van der Waals surface area contributed by atoms with E-state index in [0.29, 0.717) is 0 Å². The van der Waals surface area contributed by atoms with Crippen LogP contribution in [0.1, 0.15) is 0 Å². The molecule has 0 spiro atoms. The van der Waals surface area contributed by atoms with Gasteiger partial charge in [-0.25, -0.2) is 0 Å². The van der Waals surface area contributed by atoms with Crippen LogP contribution < -0.4 is 0 Å². The maximum atomic E-state index is 8.63. The fourth-order valence-electron chi connectivity index (χ4n) is 0. The Kier molecular flexibility index (Phi) is 16.4. The van der Waals surface area contributed by atoms with Crippen molar-refractivity contribution in [2.75, 3.05) is 0 Å².